The maximum atomic E-state index is 15.8. The number of ether oxygens (including phenoxy) is 1. The van der Waals surface area contributed by atoms with Crippen LogP contribution in [0.2, 0.25) is 0 Å². The molecule has 6 rings (SSSR count). The number of nitrogens with zero attached hydrogens (tertiary/aromatic N) is 5. The van der Waals surface area contributed by atoms with Gasteiger partial charge in [0.25, 0.3) is 17.7 Å². The number of benzene rings is 1. The Morgan fingerprint density at radius 1 is 1.06 bits per heavy atom. The van der Waals surface area contributed by atoms with E-state index in [1.165, 1.54) is 4.90 Å². The first-order chi connectivity index (χ1) is 22.7. The highest BCUT2D eigenvalue weighted by Gasteiger charge is 2.47. The van der Waals surface area contributed by atoms with E-state index in [2.05, 4.69) is 22.3 Å². The van der Waals surface area contributed by atoms with Gasteiger partial charge in [-0.15, -0.1) is 0 Å². The smallest absolute Gasteiger partial charge is 0.410 e. The maximum absolute atomic E-state index is 15.8. The Balaban J connectivity index is 1.02. The van der Waals surface area contributed by atoms with E-state index in [1.807, 2.05) is 10.9 Å². The fourth-order valence-corrected chi connectivity index (χ4v) is 6.81. The van der Waals surface area contributed by atoms with Crippen LogP contribution in [0.15, 0.2) is 42.9 Å². The number of aromatic nitrogens is 2. The number of carbonyl (C=O) groups excluding carboxylic acids is 5. The van der Waals surface area contributed by atoms with E-state index in [0.29, 0.717) is 56.7 Å². The molecular weight excluding hydrogens is 621 g/mol. The van der Waals surface area contributed by atoms with Gasteiger partial charge >= 0.3 is 6.09 Å². The molecule has 3 saturated heterocycles. The number of fused-ring (bicyclic) bond motifs is 1. The molecule has 5 heterocycles. The summed E-state index contributed by atoms with van der Waals surface area (Å²) in [6, 6.07) is 4.16. The highest BCUT2D eigenvalue weighted by molar-refractivity contribution is 6.25. The molecule has 2 N–H and O–H groups in total. The second-order valence-corrected chi connectivity index (χ2v) is 14.0. The van der Waals surface area contributed by atoms with Crippen LogP contribution in [0.25, 0.3) is 0 Å². The number of rotatable bonds is 6. The first-order valence-electron chi connectivity index (χ1n) is 16.5. The molecule has 2 aromatic rings. The molecule has 14 heteroatoms. The van der Waals surface area contributed by atoms with Gasteiger partial charge < -0.3 is 25.2 Å². The molecule has 256 valence electrons. The maximum Gasteiger partial charge on any atom is 0.410 e. The van der Waals surface area contributed by atoms with Gasteiger partial charge in [0.15, 0.2) is 5.67 Å². The highest BCUT2D eigenvalue weighted by atomic mass is 19.1. The molecule has 1 atom stereocenters. The van der Waals surface area contributed by atoms with Crippen molar-refractivity contribution in [3.63, 3.8) is 0 Å². The van der Waals surface area contributed by atoms with Crippen molar-refractivity contribution in [3.05, 3.63) is 59.6 Å². The number of allylic oxidation sites excluding steroid dienone is 1. The number of hydrogen-bond acceptors (Lipinski definition) is 8. The van der Waals surface area contributed by atoms with Crippen LogP contribution in [0.4, 0.5) is 14.9 Å². The molecule has 0 spiro atoms. The minimum absolute atomic E-state index is 0.0267. The van der Waals surface area contributed by atoms with Crippen molar-refractivity contribution in [1.29, 1.82) is 0 Å². The third kappa shape index (κ3) is 6.52. The second-order valence-electron chi connectivity index (χ2n) is 14.0. The van der Waals surface area contributed by atoms with E-state index in [-0.39, 0.29) is 43.1 Å². The minimum Gasteiger partial charge on any atom is -0.444 e. The largest absolute Gasteiger partial charge is 0.444 e. The Hall–Kier alpha value is -4.75. The molecule has 1 aromatic carbocycles. The monoisotopic (exact) mass is 663 g/mol. The summed E-state index contributed by atoms with van der Waals surface area (Å²) in [7, 11) is 0. The van der Waals surface area contributed by atoms with Crippen LogP contribution in [-0.2, 0) is 20.9 Å². The van der Waals surface area contributed by atoms with Gasteiger partial charge in [-0.05, 0) is 58.6 Å². The standard InChI is InChI=1S/C34H42FN7O6/c1-21-8-9-26(28(43)38-21)42-29(44)24-6-5-7-25(27(24)30(42)45)36-18-22-19-37-41(20-22)23-10-14-39(15-11-23)31(46)34(35)12-16-40(17-13-34)32(47)48-33(2,3)4/h5-7,19-20,23,26,36H,1,8-18H2,2-4H3,(H,38,43). The van der Waals surface area contributed by atoms with Gasteiger partial charge in [-0.25, -0.2) is 9.18 Å². The highest BCUT2D eigenvalue weighted by Crippen LogP contribution is 2.34. The Morgan fingerprint density at radius 3 is 2.44 bits per heavy atom. The zero-order chi connectivity index (χ0) is 34.4. The van der Waals surface area contributed by atoms with E-state index in [9.17, 15) is 24.0 Å². The van der Waals surface area contributed by atoms with Gasteiger partial charge in [-0.3, -0.25) is 28.8 Å². The number of hydrogen-bond donors (Lipinski definition) is 2. The molecule has 1 unspecified atom stereocenters. The van der Waals surface area contributed by atoms with Crippen LogP contribution < -0.4 is 10.6 Å². The summed E-state index contributed by atoms with van der Waals surface area (Å²) in [5.74, 6) is -1.94. The summed E-state index contributed by atoms with van der Waals surface area (Å²) in [5, 5.41) is 10.4. The summed E-state index contributed by atoms with van der Waals surface area (Å²) >= 11 is 0. The van der Waals surface area contributed by atoms with Gasteiger partial charge in [-0.2, -0.15) is 5.10 Å². The van der Waals surface area contributed by atoms with Gasteiger partial charge in [0.05, 0.1) is 23.4 Å². The number of imide groups is 1. The van der Waals surface area contributed by atoms with Crippen LogP contribution in [0.3, 0.4) is 0 Å². The van der Waals surface area contributed by atoms with Crippen LogP contribution >= 0.6 is 0 Å². The number of alkyl halides is 1. The molecule has 13 nitrogen and oxygen atoms in total. The van der Waals surface area contributed by atoms with Crippen molar-refractivity contribution in [1.82, 2.24) is 29.8 Å². The SMILES string of the molecule is C=C1CCC(N2C(=O)c3cccc(NCc4cnn(C5CCN(C(=O)C6(F)CCN(C(=O)OC(C)(C)C)CC6)CC5)c4)c3C2=O)C(=O)N1. The Bertz CT molecular complexity index is 1650. The van der Waals surface area contributed by atoms with E-state index in [4.69, 9.17) is 4.74 Å². The van der Waals surface area contributed by atoms with Crippen LogP contribution in [0.5, 0.6) is 0 Å². The summed E-state index contributed by atoms with van der Waals surface area (Å²) in [6.07, 6.45) is 5.05. The molecule has 1 aromatic heterocycles. The van der Waals surface area contributed by atoms with Crippen LogP contribution in [-0.4, -0.2) is 97.7 Å². The first kappa shape index (κ1) is 33.2. The number of amides is 5. The van der Waals surface area contributed by atoms with Gasteiger partial charge in [0.2, 0.25) is 5.91 Å². The zero-order valence-electron chi connectivity index (χ0n) is 27.6. The lowest BCUT2D eigenvalue weighted by Gasteiger charge is -2.40. The van der Waals surface area contributed by atoms with Crippen molar-refractivity contribution in [2.45, 2.75) is 89.2 Å². The molecule has 5 amide bonds. The van der Waals surface area contributed by atoms with E-state index < -0.39 is 47.0 Å². The van der Waals surface area contributed by atoms with Crippen molar-refractivity contribution in [2.24, 2.45) is 0 Å². The third-order valence-electron chi connectivity index (χ3n) is 9.43. The Morgan fingerprint density at radius 2 is 1.77 bits per heavy atom. The van der Waals surface area contributed by atoms with Crippen molar-refractivity contribution >= 4 is 35.4 Å². The lowest BCUT2D eigenvalue weighted by molar-refractivity contribution is -0.148. The molecule has 0 radical (unpaired) electrons. The molecule has 4 aliphatic heterocycles. The zero-order valence-corrected chi connectivity index (χ0v) is 27.6. The molecule has 0 bridgehead atoms. The number of likely N-dealkylation sites (tertiary alicyclic amines) is 2. The summed E-state index contributed by atoms with van der Waals surface area (Å²) in [5.41, 5.74) is -0.249. The van der Waals surface area contributed by atoms with Crippen molar-refractivity contribution in [3.8, 4) is 0 Å². The molecular formula is C34H42FN7O6. The van der Waals surface area contributed by atoms with E-state index >= 15 is 4.39 Å². The predicted octanol–water partition coefficient (Wildman–Crippen LogP) is 3.79. The Kier molecular flexibility index (Phi) is 8.77. The lowest BCUT2D eigenvalue weighted by Crippen LogP contribution is -2.55. The summed E-state index contributed by atoms with van der Waals surface area (Å²) in [6.45, 7) is 10.5. The Labute approximate surface area is 278 Å². The summed E-state index contributed by atoms with van der Waals surface area (Å²) in [4.78, 5) is 68.9. The number of halogens is 1. The average Bonchev–Trinajstić information content (AvgIpc) is 3.62. The van der Waals surface area contributed by atoms with Crippen molar-refractivity contribution in [2.75, 3.05) is 31.5 Å². The molecule has 0 saturated carbocycles. The predicted molar refractivity (Wildman–Crippen MR) is 173 cm³/mol. The van der Waals surface area contributed by atoms with E-state index in [1.54, 1.807) is 50.1 Å². The van der Waals surface area contributed by atoms with Crippen molar-refractivity contribution < 1.29 is 33.1 Å². The van der Waals surface area contributed by atoms with E-state index in [0.717, 1.165) is 10.5 Å². The van der Waals surface area contributed by atoms with Gasteiger partial charge in [-0.1, -0.05) is 12.6 Å². The second kappa shape index (κ2) is 12.7. The van der Waals surface area contributed by atoms with Gasteiger partial charge in [0, 0.05) is 68.7 Å². The quantitative estimate of drug-likeness (QED) is 0.444. The first-order valence-corrected chi connectivity index (χ1v) is 16.5. The molecule has 0 aliphatic carbocycles. The molecule has 4 aliphatic rings. The number of anilines is 1. The van der Waals surface area contributed by atoms with Crippen LogP contribution in [0.1, 0.15) is 91.6 Å². The van der Waals surface area contributed by atoms with Gasteiger partial charge in [0.1, 0.15) is 11.6 Å². The number of carbonyl (C=O) groups is 5. The number of piperidine rings is 3. The normalized spacial score (nSPS) is 21.7. The number of nitrogens with one attached hydrogen (secondary N) is 2. The third-order valence-corrected chi connectivity index (χ3v) is 9.43. The summed E-state index contributed by atoms with van der Waals surface area (Å²) < 4.78 is 23.0. The lowest BCUT2D eigenvalue weighted by atomic mass is 9.90. The molecule has 48 heavy (non-hydrogen) atoms. The minimum atomic E-state index is -2.01. The fraction of sp³-hybridized carbons (Fsp3) is 0.529. The molecule has 3 fully saturated rings. The average molecular weight is 664 g/mol. The van der Waals surface area contributed by atoms with Crippen LogP contribution in [0, 0.1) is 0 Å². The fourth-order valence-electron chi connectivity index (χ4n) is 6.81. The topological polar surface area (TPSA) is 146 Å².